The van der Waals surface area contributed by atoms with Crippen LogP contribution in [0.4, 0.5) is 0 Å². The Morgan fingerprint density at radius 2 is 1.81 bits per heavy atom. The molecule has 3 fully saturated rings. The number of aliphatic hydroxyl groups excluding tert-OH is 1. The lowest BCUT2D eigenvalue weighted by Gasteiger charge is -2.22. The Kier molecular flexibility index (Phi) is 3.23. The standard InChI is InChI=1S/C17H20ClNO2/c18-15-4-2-1-3-12(15)16(20)17(21)19-8-13-10-5-6-11(7-10)14(13)9-19/h1-4,10-11,13-14,16,20H,5-9H2/t10-,11+,13-,14+,16-/m0/s1. The van der Waals surface area contributed by atoms with Crippen molar-refractivity contribution < 1.29 is 9.90 Å². The summed E-state index contributed by atoms with van der Waals surface area (Å²) in [5.41, 5.74) is 0.518. The zero-order valence-electron chi connectivity index (χ0n) is 11.9. The van der Waals surface area contributed by atoms with Crippen LogP contribution in [0.2, 0.25) is 5.02 Å². The molecule has 2 saturated carbocycles. The van der Waals surface area contributed by atoms with Crippen LogP contribution in [0.1, 0.15) is 30.9 Å². The van der Waals surface area contributed by atoms with E-state index < -0.39 is 6.10 Å². The van der Waals surface area contributed by atoms with Gasteiger partial charge in [0, 0.05) is 23.7 Å². The quantitative estimate of drug-likeness (QED) is 0.913. The molecule has 0 radical (unpaired) electrons. The van der Waals surface area contributed by atoms with Gasteiger partial charge in [-0.25, -0.2) is 0 Å². The van der Waals surface area contributed by atoms with Crippen molar-refractivity contribution in [3.05, 3.63) is 34.9 Å². The van der Waals surface area contributed by atoms with Gasteiger partial charge < -0.3 is 10.0 Å². The van der Waals surface area contributed by atoms with Crippen LogP contribution in [-0.4, -0.2) is 29.0 Å². The van der Waals surface area contributed by atoms with E-state index in [-0.39, 0.29) is 5.91 Å². The van der Waals surface area contributed by atoms with Crippen molar-refractivity contribution in [1.82, 2.24) is 4.90 Å². The van der Waals surface area contributed by atoms with Crippen LogP contribution in [0.25, 0.3) is 0 Å². The van der Waals surface area contributed by atoms with Crippen LogP contribution < -0.4 is 0 Å². The average Bonchev–Trinajstić information content (AvgIpc) is 3.18. The number of carbonyl (C=O) groups excluding carboxylic acids is 1. The molecule has 5 atom stereocenters. The molecule has 21 heavy (non-hydrogen) atoms. The van der Waals surface area contributed by atoms with Gasteiger partial charge in [-0.05, 0) is 49.0 Å². The minimum atomic E-state index is -1.13. The Morgan fingerprint density at radius 3 is 2.43 bits per heavy atom. The van der Waals surface area contributed by atoms with Crippen LogP contribution in [-0.2, 0) is 4.79 Å². The third kappa shape index (κ3) is 2.09. The highest BCUT2D eigenvalue weighted by atomic mass is 35.5. The van der Waals surface area contributed by atoms with Gasteiger partial charge in [0.05, 0.1) is 0 Å². The summed E-state index contributed by atoms with van der Waals surface area (Å²) in [4.78, 5) is 14.4. The van der Waals surface area contributed by atoms with Crippen molar-refractivity contribution in [3.63, 3.8) is 0 Å². The first-order valence-electron chi connectivity index (χ1n) is 7.86. The fourth-order valence-corrected chi connectivity index (χ4v) is 5.10. The summed E-state index contributed by atoms with van der Waals surface area (Å²) in [7, 11) is 0. The fraction of sp³-hybridized carbons (Fsp3) is 0.588. The van der Waals surface area contributed by atoms with E-state index in [1.807, 2.05) is 4.90 Å². The van der Waals surface area contributed by atoms with E-state index in [0.29, 0.717) is 22.4 Å². The van der Waals surface area contributed by atoms with Crippen LogP contribution >= 0.6 is 11.6 Å². The summed E-state index contributed by atoms with van der Waals surface area (Å²) in [6, 6.07) is 7.05. The molecule has 1 N–H and O–H groups in total. The van der Waals surface area contributed by atoms with E-state index in [9.17, 15) is 9.90 Å². The summed E-state index contributed by atoms with van der Waals surface area (Å²) in [6.07, 6.45) is 2.90. The summed E-state index contributed by atoms with van der Waals surface area (Å²) >= 11 is 6.09. The average molecular weight is 306 g/mol. The van der Waals surface area contributed by atoms with Gasteiger partial charge in [0.25, 0.3) is 5.91 Å². The summed E-state index contributed by atoms with van der Waals surface area (Å²) < 4.78 is 0. The second-order valence-corrected chi connectivity index (χ2v) is 7.24. The minimum absolute atomic E-state index is 0.183. The Labute approximate surface area is 129 Å². The number of hydrogen-bond acceptors (Lipinski definition) is 2. The van der Waals surface area contributed by atoms with E-state index in [1.54, 1.807) is 24.3 Å². The SMILES string of the molecule is O=C([C@@H](O)c1ccccc1Cl)N1C[C@@H]2[C@@H]3CC[C@@H](C3)[C@@H]2C1. The molecule has 0 aromatic heterocycles. The van der Waals surface area contributed by atoms with E-state index in [0.717, 1.165) is 24.9 Å². The number of rotatable bonds is 2. The first-order valence-corrected chi connectivity index (χ1v) is 8.24. The van der Waals surface area contributed by atoms with Crippen molar-refractivity contribution in [2.24, 2.45) is 23.7 Å². The smallest absolute Gasteiger partial charge is 0.256 e. The molecule has 1 saturated heterocycles. The highest BCUT2D eigenvalue weighted by Gasteiger charge is 2.52. The van der Waals surface area contributed by atoms with E-state index in [1.165, 1.54) is 19.3 Å². The monoisotopic (exact) mass is 305 g/mol. The Balaban J connectivity index is 1.50. The number of halogens is 1. The lowest BCUT2D eigenvalue weighted by molar-refractivity contribution is -0.139. The topological polar surface area (TPSA) is 40.5 Å². The molecule has 1 aliphatic heterocycles. The highest BCUT2D eigenvalue weighted by molar-refractivity contribution is 6.31. The number of nitrogens with zero attached hydrogens (tertiary/aromatic N) is 1. The Morgan fingerprint density at radius 1 is 1.19 bits per heavy atom. The summed E-state index contributed by atoms with van der Waals surface area (Å²) in [5.74, 6) is 2.79. The maximum Gasteiger partial charge on any atom is 0.256 e. The van der Waals surface area contributed by atoms with Crippen LogP contribution in [0.3, 0.4) is 0 Å². The number of amides is 1. The van der Waals surface area contributed by atoms with Crippen LogP contribution in [0.5, 0.6) is 0 Å². The largest absolute Gasteiger partial charge is 0.378 e. The van der Waals surface area contributed by atoms with Gasteiger partial charge in [0.1, 0.15) is 0 Å². The molecular formula is C17H20ClNO2. The number of benzene rings is 1. The molecule has 0 spiro atoms. The molecule has 1 heterocycles. The lowest BCUT2D eigenvalue weighted by atomic mass is 9.82. The first kappa shape index (κ1) is 13.6. The second kappa shape index (κ2) is 4.99. The van der Waals surface area contributed by atoms with Gasteiger partial charge in [-0.1, -0.05) is 29.8 Å². The number of carbonyl (C=O) groups is 1. The predicted octanol–water partition coefficient (Wildman–Crippen LogP) is 2.88. The van der Waals surface area contributed by atoms with E-state index >= 15 is 0 Å². The first-order chi connectivity index (χ1) is 10.1. The maximum absolute atomic E-state index is 12.6. The van der Waals surface area contributed by atoms with Crippen molar-refractivity contribution >= 4 is 17.5 Å². The normalized spacial score (nSPS) is 35.0. The van der Waals surface area contributed by atoms with Crippen molar-refractivity contribution in [2.75, 3.05) is 13.1 Å². The van der Waals surface area contributed by atoms with Gasteiger partial charge in [0.15, 0.2) is 6.10 Å². The third-order valence-electron chi connectivity index (χ3n) is 5.88. The molecule has 2 aliphatic carbocycles. The molecule has 3 aliphatic rings. The molecular weight excluding hydrogens is 286 g/mol. The van der Waals surface area contributed by atoms with Gasteiger partial charge in [-0.2, -0.15) is 0 Å². The van der Waals surface area contributed by atoms with Gasteiger partial charge >= 0.3 is 0 Å². The molecule has 112 valence electrons. The van der Waals surface area contributed by atoms with E-state index in [4.69, 9.17) is 11.6 Å². The number of hydrogen-bond donors (Lipinski definition) is 1. The maximum atomic E-state index is 12.6. The van der Waals surface area contributed by atoms with Gasteiger partial charge in [-0.15, -0.1) is 0 Å². The molecule has 3 nitrogen and oxygen atoms in total. The zero-order chi connectivity index (χ0) is 14.6. The fourth-order valence-electron chi connectivity index (χ4n) is 4.86. The molecule has 1 aromatic carbocycles. The highest BCUT2D eigenvalue weighted by Crippen LogP contribution is 2.55. The van der Waals surface area contributed by atoms with Crippen molar-refractivity contribution in [3.8, 4) is 0 Å². The predicted molar refractivity (Wildman–Crippen MR) is 80.8 cm³/mol. The minimum Gasteiger partial charge on any atom is -0.378 e. The second-order valence-electron chi connectivity index (χ2n) is 6.83. The number of aliphatic hydroxyl groups is 1. The number of fused-ring (bicyclic) bond motifs is 5. The van der Waals surface area contributed by atoms with Crippen molar-refractivity contribution in [1.29, 1.82) is 0 Å². The molecule has 1 aromatic rings. The third-order valence-corrected chi connectivity index (χ3v) is 6.23. The Bertz CT molecular complexity index is 558. The van der Waals surface area contributed by atoms with Gasteiger partial charge in [0.2, 0.25) is 0 Å². The Hall–Kier alpha value is -1.06. The molecule has 0 unspecified atom stereocenters. The lowest BCUT2D eigenvalue weighted by Crippen LogP contribution is -2.34. The van der Waals surface area contributed by atoms with Crippen molar-refractivity contribution in [2.45, 2.75) is 25.4 Å². The number of likely N-dealkylation sites (tertiary alicyclic amines) is 1. The van der Waals surface area contributed by atoms with Crippen LogP contribution in [0, 0.1) is 23.7 Å². The van der Waals surface area contributed by atoms with Gasteiger partial charge in [-0.3, -0.25) is 4.79 Å². The molecule has 4 rings (SSSR count). The van der Waals surface area contributed by atoms with Crippen LogP contribution in [0.15, 0.2) is 24.3 Å². The summed E-state index contributed by atoms with van der Waals surface area (Å²) in [6.45, 7) is 1.65. The molecule has 4 heteroatoms. The zero-order valence-corrected chi connectivity index (χ0v) is 12.7. The summed E-state index contributed by atoms with van der Waals surface area (Å²) in [5, 5.41) is 10.8. The molecule has 1 amide bonds. The molecule has 2 bridgehead atoms. The van der Waals surface area contributed by atoms with E-state index in [2.05, 4.69) is 0 Å².